The van der Waals surface area contributed by atoms with Gasteiger partial charge in [-0.05, 0) is 36.8 Å². The molecule has 0 aliphatic heterocycles. The molecule has 0 saturated heterocycles. The van der Waals surface area contributed by atoms with Crippen LogP contribution in [0.25, 0.3) is 0 Å². The largest absolute Gasteiger partial charge is 0.396 e. The summed E-state index contributed by atoms with van der Waals surface area (Å²) in [6, 6.07) is 7.19. The van der Waals surface area contributed by atoms with Crippen LogP contribution in [0, 0.1) is 0 Å². The van der Waals surface area contributed by atoms with Gasteiger partial charge in [0.2, 0.25) is 0 Å². The molecule has 1 aromatic carbocycles. The summed E-state index contributed by atoms with van der Waals surface area (Å²) in [4.78, 5) is 12.1. The van der Waals surface area contributed by atoms with Crippen molar-refractivity contribution in [3.8, 4) is 0 Å². The van der Waals surface area contributed by atoms with Gasteiger partial charge in [0.15, 0.2) is 0 Å². The molecule has 0 radical (unpaired) electrons. The average Bonchev–Trinajstić information content (AvgIpc) is 2.45. The van der Waals surface area contributed by atoms with Crippen LogP contribution in [0.4, 0.5) is 4.79 Å². The van der Waals surface area contributed by atoms with E-state index in [1.807, 2.05) is 37.4 Å². The van der Waals surface area contributed by atoms with Crippen LogP contribution in [0.2, 0.25) is 5.02 Å². The van der Waals surface area contributed by atoms with Gasteiger partial charge in [-0.2, -0.15) is 11.8 Å². The lowest BCUT2D eigenvalue weighted by molar-refractivity contribution is 0.227. The summed E-state index contributed by atoms with van der Waals surface area (Å²) in [7, 11) is 0. The number of urea groups is 1. The fraction of sp³-hybridized carbons (Fsp3) is 0.533. The van der Waals surface area contributed by atoms with Crippen molar-refractivity contribution in [2.45, 2.75) is 31.8 Å². The van der Waals surface area contributed by atoms with Crippen molar-refractivity contribution < 1.29 is 9.90 Å². The van der Waals surface area contributed by atoms with Gasteiger partial charge in [-0.25, -0.2) is 4.79 Å². The van der Waals surface area contributed by atoms with Crippen molar-refractivity contribution in [1.82, 2.24) is 10.6 Å². The number of thioether (sulfide) groups is 1. The van der Waals surface area contributed by atoms with Gasteiger partial charge < -0.3 is 15.7 Å². The summed E-state index contributed by atoms with van der Waals surface area (Å²) >= 11 is 7.63. The molecule has 2 atom stereocenters. The van der Waals surface area contributed by atoms with E-state index in [9.17, 15) is 4.79 Å². The zero-order chi connectivity index (χ0) is 15.7. The molecule has 0 fully saturated rings. The number of benzene rings is 1. The van der Waals surface area contributed by atoms with Crippen LogP contribution in [0.15, 0.2) is 24.3 Å². The standard InChI is InChI=1S/C15H23ClN2O2S/c1-3-14(11-5-4-6-12(16)9-11)18-15(20)17-13(7-8-19)10-21-2/h4-6,9,13-14,19H,3,7-8,10H2,1-2H3,(H2,17,18,20). The molecule has 1 aromatic rings. The van der Waals surface area contributed by atoms with Crippen LogP contribution < -0.4 is 10.6 Å². The van der Waals surface area contributed by atoms with Gasteiger partial charge in [0.1, 0.15) is 0 Å². The van der Waals surface area contributed by atoms with Crippen LogP contribution in [-0.2, 0) is 0 Å². The number of halogens is 1. The summed E-state index contributed by atoms with van der Waals surface area (Å²) in [5.74, 6) is 0.780. The van der Waals surface area contributed by atoms with E-state index in [-0.39, 0.29) is 24.7 Å². The molecule has 0 aliphatic rings. The Kier molecular flexibility index (Phi) is 8.57. The van der Waals surface area contributed by atoms with E-state index in [2.05, 4.69) is 10.6 Å². The highest BCUT2D eigenvalue weighted by molar-refractivity contribution is 7.98. The second-order valence-corrected chi connectivity index (χ2v) is 6.15. The third-order valence-electron chi connectivity index (χ3n) is 3.15. The summed E-state index contributed by atoms with van der Waals surface area (Å²) in [5.41, 5.74) is 0.990. The number of hydrogen-bond donors (Lipinski definition) is 3. The van der Waals surface area contributed by atoms with Crippen molar-refractivity contribution in [3.63, 3.8) is 0 Å². The molecular formula is C15H23ClN2O2S. The Bertz CT molecular complexity index is 439. The molecule has 0 heterocycles. The molecule has 6 heteroatoms. The lowest BCUT2D eigenvalue weighted by Gasteiger charge is -2.21. The zero-order valence-corrected chi connectivity index (χ0v) is 14.0. The molecule has 118 valence electrons. The predicted octanol–water partition coefficient (Wildman–Crippen LogP) is 3.20. The Hall–Kier alpha value is -0.910. The van der Waals surface area contributed by atoms with E-state index < -0.39 is 0 Å². The van der Waals surface area contributed by atoms with Crippen LogP contribution in [0.1, 0.15) is 31.4 Å². The Balaban J connectivity index is 2.61. The second-order valence-electron chi connectivity index (χ2n) is 4.80. The van der Waals surface area contributed by atoms with E-state index in [0.29, 0.717) is 11.4 Å². The highest BCUT2D eigenvalue weighted by Crippen LogP contribution is 2.20. The fourth-order valence-electron chi connectivity index (χ4n) is 2.08. The average molecular weight is 331 g/mol. The van der Waals surface area contributed by atoms with Gasteiger partial charge in [0, 0.05) is 23.4 Å². The first-order valence-corrected chi connectivity index (χ1v) is 8.80. The maximum Gasteiger partial charge on any atom is 0.315 e. The van der Waals surface area contributed by atoms with Crippen LogP contribution in [0.3, 0.4) is 0 Å². The number of amides is 2. The highest BCUT2D eigenvalue weighted by Gasteiger charge is 2.16. The highest BCUT2D eigenvalue weighted by atomic mass is 35.5. The first-order valence-electron chi connectivity index (χ1n) is 7.03. The molecule has 2 unspecified atom stereocenters. The molecule has 0 saturated carbocycles. The zero-order valence-electron chi connectivity index (χ0n) is 12.4. The molecule has 4 nitrogen and oxygen atoms in total. The monoisotopic (exact) mass is 330 g/mol. The van der Waals surface area contributed by atoms with Gasteiger partial charge >= 0.3 is 6.03 Å². The van der Waals surface area contributed by atoms with Crippen molar-refractivity contribution in [2.24, 2.45) is 0 Å². The summed E-state index contributed by atoms with van der Waals surface area (Å²) in [5, 5.41) is 15.5. The normalized spacial score (nSPS) is 13.5. The Morgan fingerprint density at radius 1 is 1.43 bits per heavy atom. The molecule has 2 amide bonds. The maximum atomic E-state index is 12.1. The SMILES string of the molecule is CCC(NC(=O)NC(CCO)CSC)c1cccc(Cl)c1. The van der Waals surface area contributed by atoms with E-state index in [4.69, 9.17) is 16.7 Å². The lowest BCUT2D eigenvalue weighted by atomic mass is 10.1. The minimum absolute atomic E-state index is 0.0260. The fourth-order valence-corrected chi connectivity index (χ4v) is 2.94. The van der Waals surface area contributed by atoms with Gasteiger partial charge in [-0.3, -0.25) is 0 Å². The summed E-state index contributed by atoms with van der Waals surface area (Å²) < 4.78 is 0. The van der Waals surface area contributed by atoms with Gasteiger partial charge in [0.05, 0.1) is 6.04 Å². The third-order valence-corrected chi connectivity index (χ3v) is 4.12. The molecule has 0 spiro atoms. The van der Waals surface area contributed by atoms with E-state index >= 15 is 0 Å². The lowest BCUT2D eigenvalue weighted by Crippen LogP contribution is -2.44. The number of rotatable bonds is 8. The van der Waals surface area contributed by atoms with Crippen molar-refractivity contribution in [2.75, 3.05) is 18.6 Å². The van der Waals surface area contributed by atoms with Crippen molar-refractivity contribution in [1.29, 1.82) is 0 Å². The Morgan fingerprint density at radius 3 is 2.76 bits per heavy atom. The van der Waals surface area contributed by atoms with Crippen molar-refractivity contribution >= 4 is 29.4 Å². The molecule has 1 rings (SSSR count). The Labute approximate surface area is 135 Å². The van der Waals surface area contributed by atoms with Gasteiger partial charge in [-0.1, -0.05) is 30.7 Å². The molecule has 21 heavy (non-hydrogen) atoms. The first kappa shape index (κ1) is 18.1. The molecular weight excluding hydrogens is 308 g/mol. The number of aliphatic hydroxyl groups excluding tert-OH is 1. The second kappa shape index (κ2) is 9.92. The molecule has 0 aromatic heterocycles. The number of nitrogens with one attached hydrogen (secondary N) is 2. The van der Waals surface area contributed by atoms with E-state index in [0.717, 1.165) is 17.7 Å². The topological polar surface area (TPSA) is 61.4 Å². The van der Waals surface area contributed by atoms with Crippen molar-refractivity contribution in [3.05, 3.63) is 34.9 Å². The predicted molar refractivity (Wildman–Crippen MR) is 90.0 cm³/mol. The minimum atomic E-state index is -0.214. The third kappa shape index (κ3) is 6.59. The maximum absolute atomic E-state index is 12.1. The number of aliphatic hydroxyl groups is 1. The van der Waals surface area contributed by atoms with Crippen LogP contribution in [0.5, 0.6) is 0 Å². The number of carbonyl (C=O) groups excluding carboxylic acids is 1. The molecule has 0 aliphatic carbocycles. The summed E-state index contributed by atoms with van der Waals surface area (Å²) in [6.45, 7) is 2.08. The first-order chi connectivity index (χ1) is 10.1. The van der Waals surface area contributed by atoms with Gasteiger partial charge in [0.25, 0.3) is 0 Å². The molecule has 3 N–H and O–H groups in total. The minimum Gasteiger partial charge on any atom is -0.396 e. The van der Waals surface area contributed by atoms with Crippen LogP contribution >= 0.6 is 23.4 Å². The van der Waals surface area contributed by atoms with E-state index in [1.54, 1.807) is 11.8 Å². The van der Waals surface area contributed by atoms with Gasteiger partial charge in [-0.15, -0.1) is 0 Å². The number of hydrogen-bond acceptors (Lipinski definition) is 3. The summed E-state index contributed by atoms with van der Waals surface area (Å²) in [6.07, 6.45) is 3.31. The smallest absolute Gasteiger partial charge is 0.315 e. The van der Waals surface area contributed by atoms with Crippen LogP contribution in [-0.4, -0.2) is 35.8 Å². The quantitative estimate of drug-likeness (QED) is 0.686. The molecule has 0 bridgehead atoms. The van der Waals surface area contributed by atoms with E-state index in [1.165, 1.54) is 0 Å². The Morgan fingerprint density at radius 2 is 2.19 bits per heavy atom. The number of carbonyl (C=O) groups is 1.